The summed E-state index contributed by atoms with van der Waals surface area (Å²) < 4.78 is 0. The normalized spacial score (nSPS) is 26.6. The van der Waals surface area contributed by atoms with Gasteiger partial charge in [-0.05, 0) is 44.5 Å². The Balaban J connectivity index is 2.07. The molecule has 1 aliphatic rings. The van der Waals surface area contributed by atoms with E-state index in [0.29, 0.717) is 17.5 Å². The first-order valence-electron chi connectivity index (χ1n) is 7.32. The van der Waals surface area contributed by atoms with Crippen molar-refractivity contribution in [2.75, 3.05) is 14.1 Å². The maximum Gasteiger partial charge on any atom is 0.0543 e. The van der Waals surface area contributed by atoms with Crippen molar-refractivity contribution in [3.05, 3.63) is 30.1 Å². The van der Waals surface area contributed by atoms with Crippen molar-refractivity contribution in [3.8, 4) is 0 Å². The van der Waals surface area contributed by atoms with Gasteiger partial charge in [-0.15, -0.1) is 0 Å². The summed E-state index contributed by atoms with van der Waals surface area (Å²) in [6, 6.07) is 7.30. The Hall–Kier alpha value is -0.930. The summed E-state index contributed by atoms with van der Waals surface area (Å²) in [6.45, 7) is 5.70. The first kappa shape index (κ1) is 14.5. The Morgan fingerprint density at radius 3 is 2.84 bits per heavy atom. The molecule has 1 N–H and O–H groups in total. The lowest BCUT2D eigenvalue weighted by atomic mass is 9.70. The number of rotatable bonds is 4. The predicted molar refractivity (Wildman–Crippen MR) is 80.0 cm³/mol. The molecule has 1 saturated carbocycles. The van der Waals surface area contributed by atoms with E-state index in [1.165, 1.54) is 19.3 Å². The number of nitrogens with zero attached hydrogens (tertiary/aromatic N) is 2. The van der Waals surface area contributed by atoms with Crippen molar-refractivity contribution in [3.63, 3.8) is 0 Å². The molecule has 1 heterocycles. The lowest BCUT2D eigenvalue weighted by molar-refractivity contribution is 0.0626. The van der Waals surface area contributed by atoms with Gasteiger partial charge >= 0.3 is 0 Å². The van der Waals surface area contributed by atoms with E-state index in [2.05, 4.69) is 55.3 Å². The molecule has 2 rings (SSSR count). The molecule has 0 saturated heterocycles. The molecule has 3 heteroatoms. The monoisotopic (exact) mass is 261 g/mol. The number of nitrogens with one attached hydrogen (secondary N) is 1. The molecule has 1 aromatic rings. The minimum absolute atomic E-state index is 0.371. The van der Waals surface area contributed by atoms with Crippen LogP contribution in [0, 0.1) is 5.41 Å². The molecule has 0 amide bonds. The molecule has 19 heavy (non-hydrogen) atoms. The third kappa shape index (κ3) is 3.34. The molecule has 106 valence electrons. The SMILES string of the molecule is CNC1C(N(C)Cc2ccccn2)CCCC1(C)C. The minimum atomic E-state index is 0.371. The highest BCUT2D eigenvalue weighted by Gasteiger charge is 2.39. The molecular formula is C16H27N3. The molecule has 0 radical (unpaired) electrons. The van der Waals surface area contributed by atoms with E-state index in [0.717, 1.165) is 12.2 Å². The summed E-state index contributed by atoms with van der Waals surface area (Å²) in [5.41, 5.74) is 1.53. The Kier molecular flexibility index (Phi) is 4.58. The summed E-state index contributed by atoms with van der Waals surface area (Å²) in [5, 5.41) is 3.55. The van der Waals surface area contributed by atoms with Gasteiger partial charge in [0, 0.05) is 24.8 Å². The fraction of sp³-hybridized carbons (Fsp3) is 0.688. The molecule has 1 aromatic heterocycles. The molecule has 0 spiro atoms. The Bertz CT molecular complexity index is 388. The van der Waals surface area contributed by atoms with E-state index < -0.39 is 0 Å². The van der Waals surface area contributed by atoms with E-state index in [4.69, 9.17) is 0 Å². The van der Waals surface area contributed by atoms with Crippen molar-refractivity contribution in [1.82, 2.24) is 15.2 Å². The van der Waals surface area contributed by atoms with Gasteiger partial charge in [-0.25, -0.2) is 0 Å². The Morgan fingerprint density at radius 1 is 1.42 bits per heavy atom. The summed E-state index contributed by atoms with van der Waals surface area (Å²) in [6.07, 6.45) is 5.79. The molecule has 0 bridgehead atoms. The van der Waals surface area contributed by atoms with Crippen LogP contribution in [0.2, 0.25) is 0 Å². The van der Waals surface area contributed by atoms with E-state index in [1.807, 2.05) is 12.3 Å². The lowest BCUT2D eigenvalue weighted by Crippen LogP contribution is -2.56. The van der Waals surface area contributed by atoms with E-state index in [1.54, 1.807) is 0 Å². The second kappa shape index (κ2) is 6.02. The van der Waals surface area contributed by atoms with Crippen molar-refractivity contribution >= 4 is 0 Å². The van der Waals surface area contributed by atoms with Crippen molar-refractivity contribution in [2.45, 2.75) is 51.7 Å². The lowest BCUT2D eigenvalue weighted by Gasteiger charge is -2.47. The average molecular weight is 261 g/mol. The van der Waals surface area contributed by atoms with Crippen molar-refractivity contribution in [2.24, 2.45) is 5.41 Å². The highest BCUT2D eigenvalue weighted by atomic mass is 15.2. The van der Waals surface area contributed by atoms with Crippen LogP contribution in [0.4, 0.5) is 0 Å². The number of aromatic nitrogens is 1. The van der Waals surface area contributed by atoms with E-state index in [9.17, 15) is 0 Å². The number of likely N-dealkylation sites (N-methyl/N-ethyl adjacent to an activating group) is 2. The fourth-order valence-corrected chi connectivity index (χ4v) is 3.53. The zero-order valence-electron chi connectivity index (χ0n) is 12.7. The van der Waals surface area contributed by atoms with Gasteiger partial charge in [0.15, 0.2) is 0 Å². The van der Waals surface area contributed by atoms with Crippen LogP contribution in [0.15, 0.2) is 24.4 Å². The number of pyridine rings is 1. The molecule has 2 unspecified atom stereocenters. The van der Waals surface area contributed by atoms with Crippen molar-refractivity contribution in [1.29, 1.82) is 0 Å². The third-order valence-electron chi connectivity index (χ3n) is 4.56. The topological polar surface area (TPSA) is 28.2 Å². The van der Waals surface area contributed by atoms with Crippen LogP contribution in [0.25, 0.3) is 0 Å². The smallest absolute Gasteiger partial charge is 0.0543 e. The molecule has 0 aromatic carbocycles. The highest BCUT2D eigenvalue weighted by Crippen LogP contribution is 2.37. The molecular weight excluding hydrogens is 234 g/mol. The highest BCUT2D eigenvalue weighted by molar-refractivity contribution is 5.05. The van der Waals surface area contributed by atoms with Gasteiger partial charge in [0.1, 0.15) is 0 Å². The van der Waals surface area contributed by atoms with Crippen LogP contribution >= 0.6 is 0 Å². The summed E-state index contributed by atoms with van der Waals surface area (Å²) in [4.78, 5) is 6.90. The van der Waals surface area contributed by atoms with E-state index >= 15 is 0 Å². The predicted octanol–water partition coefficient (Wildman–Crippen LogP) is 2.68. The van der Waals surface area contributed by atoms with Gasteiger partial charge in [0.05, 0.1) is 5.69 Å². The molecule has 1 fully saturated rings. The maximum atomic E-state index is 4.44. The standard InChI is InChI=1S/C16H27N3/c1-16(2)10-7-9-14(15(16)17-3)19(4)12-13-8-5-6-11-18-13/h5-6,8,11,14-15,17H,7,9-10,12H2,1-4H3. The zero-order chi connectivity index (χ0) is 13.9. The van der Waals surface area contributed by atoms with Crippen molar-refractivity contribution < 1.29 is 0 Å². The first-order chi connectivity index (χ1) is 9.04. The Labute approximate surface area is 117 Å². The van der Waals surface area contributed by atoms with Crippen LogP contribution in [0.3, 0.4) is 0 Å². The number of hydrogen-bond donors (Lipinski definition) is 1. The van der Waals surface area contributed by atoms with Crippen LogP contribution in [-0.4, -0.2) is 36.1 Å². The maximum absolute atomic E-state index is 4.44. The average Bonchev–Trinajstić information content (AvgIpc) is 2.38. The quantitative estimate of drug-likeness (QED) is 0.903. The fourth-order valence-electron chi connectivity index (χ4n) is 3.53. The second-order valence-corrected chi connectivity index (χ2v) is 6.45. The van der Waals surface area contributed by atoms with Crippen LogP contribution in [0.1, 0.15) is 38.8 Å². The van der Waals surface area contributed by atoms with Crippen LogP contribution < -0.4 is 5.32 Å². The second-order valence-electron chi connectivity index (χ2n) is 6.45. The van der Waals surface area contributed by atoms with Crippen LogP contribution in [0.5, 0.6) is 0 Å². The zero-order valence-corrected chi connectivity index (χ0v) is 12.7. The number of hydrogen-bond acceptors (Lipinski definition) is 3. The largest absolute Gasteiger partial charge is 0.315 e. The minimum Gasteiger partial charge on any atom is -0.315 e. The molecule has 2 atom stereocenters. The van der Waals surface area contributed by atoms with Gasteiger partial charge in [-0.2, -0.15) is 0 Å². The van der Waals surface area contributed by atoms with Gasteiger partial charge in [0.25, 0.3) is 0 Å². The Morgan fingerprint density at radius 2 is 2.21 bits per heavy atom. The molecule has 1 aliphatic carbocycles. The summed E-state index contributed by atoms with van der Waals surface area (Å²) in [7, 11) is 4.32. The van der Waals surface area contributed by atoms with Gasteiger partial charge < -0.3 is 5.32 Å². The third-order valence-corrected chi connectivity index (χ3v) is 4.56. The van der Waals surface area contributed by atoms with Gasteiger partial charge in [-0.3, -0.25) is 9.88 Å². The first-order valence-corrected chi connectivity index (χ1v) is 7.32. The summed E-state index contributed by atoms with van der Waals surface area (Å²) >= 11 is 0. The molecule has 0 aliphatic heterocycles. The molecule has 3 nitrogen and oxygen atoms in total. The van der Waals surface area contributed by atoms with Crippen LogP contribution in [-0.2, 0) is 6.54 Å². The van der Waals surface area contributed by atoms with E-state index in [-0.39, 0.29) is 0 Å². The van der Waals surface area contributed by atoms with Gasteiger partial charge in [0.2, 0.25) is 0 Å². The summed E-state index contributed by atoms with van der Waals surface area (Å²) in [5.74, 6) is 0. The van der Waals surface area contributed by atoms with Gasteiger partial charge in [-0.1, -0.05) is 26.3 Å².